The topological polar surface area (TPSA) is 80.0 Å². The lowest BCUT2D eigenvalue weighted by atomic mass is 9.99. The maximum absolute atomic E-state index is 14.9. The zero-order valence-corrected chi connectivity index (χ0v) is 15.8. The molecule has 28 heavy (non-hydrogen) atoms. The van der Waals surface area contributed by atoms with Crippen LogP contribution in [0.5, 0.6) is 0 Å². The number of fused-ring (bicyclic) bond motifs is 1. The van der Waals surface area contributed by atoms with Gasteiger partial charge in [0.1, 0.15) is 5.82 Å². The summed E-state index contributed by atoms with van der Waals surface area (Å²) in [6.45, 7) is 5.28. The molecule has 1 aliphatic heterocycles. The number of hydrogen-bond donors (Lipinski definition) is 2. The molecule has 7 heteroatoms. The summed E-state index contributed by atoms with van der Waals surface area (Å²) in [4.78, 5) is 17.3. The molecule has 2 heterocycles. The van der Waals surface area contributed by atoms with Gasteiger partial charge in [-0.05, 0) is 42.3 Å². The largest absolute Gasteiger partial charge is 0.334 e. The molecule has 6 nitrogen and oxygen atoms in total. The minimum absolute atomic E-state index is 0.109. The van der Waals surface area contributed by atoms with Crippen molar-refractivity contribution in [3.63, 3.8) is 0 Å². The highest BCUT2D eigenvalue weighted by atomic mass is 19.1. The highest BCUT2D eigenvalue weighted by Gasteiger charge is 2.21. The Morgan fingerprint density at radius 1 is 1.25 bits per heavy atom. The lowest BCUT2D eigenvalue weighted by Crippen LogP contribution is -2.25. The molecular formula is C21H21FN4O2. The highest BCUT2D eigenvalue weighted by molar-refractivity contribution is 6.08. The van der Waals surface area contributed by atoms with Gasteiger partial charge in [0.15, 0.2) is 5.82 Å². The van der Waals surface area contributed by atoms with E-state index in [2.05, 4.69) is 20.8 Å². The van der Waals surface area contributed by atoms with Crippen LogP contribution in [0.4, 0.5) is 10.1 Å². The van der Waals surface area contributed by atoms with Gasteiger partial charge in [0.2, 0.25) is 0 Å². The first-order valence-electron chi connectivity index (χ1n) is 9.30. The van der Waals surface area contributed by atoms with Crippen LogP contribution in [0.25, 0.3) is 11.5 Å². The van der Waals surface area contributed by atoms with Crippen molar-refractivity contribution >= 4 is 11.6 Å². The summed E-state index contributed by atoms with van der Waals surface area (Å²) in [6, 6.07) is 10.4. The number of carbonyl (C=O) groups is 1. The summed E-state index contributed by atoms with van der Waals surface area (Å²) >= 11 is 0. The fraction of sp³-hybridized carbons (Fsp3) is 0.286. The van der Waals surface area contributed by atoms with Crippen LogP contribution in [0.15, 0.2) is 40.9 Å². The average Bonchev–Trinajstić information content (AvgIpc) is 3.21. The summed E-state index contributed by atoms with van der Waals surface area (Å²) in [5.74, 6) is 0.154. The van der Waals surface area contributed by atoms with Gasteiger partial charge < -0.3 is 15.2 Å². The molecule has 0 bridgehead atoms. The van der Waals surface area contributed by atoms with E-state index in [9.17, 15) is 9.18 Å². The Morgan fingerprint density at radius 2 is 2.07 bits per heavy atom. The molecule has 144 valence electrons. The average molecular weight is 380 g/mol. The van der Waals surface area contributed by atoms with Crippen LogP contribution in [0.1, 0.15) is 47.1 Å². The molecule has 2 N–H and O–H groups in total. The molecule has 1 aromatic heterocycles. The normalized spacial score (nSPS) is 13.4. The van der Waals surface area contributed by atoms with Crippen LogP contribution in [0, 0.1) is 5.82 Å². The summed E-state index contributed by atoms with van der Waals surface area (Å²) in [7, 11) is 0. The minimum atomic E-state index is -0.423. The lowest BCUT2D eigenvalue weighted by molar-refractivity contribution is 0.102. The van der Waals surface area contributed by atoms with E-state index in [1.54, 1.807) is 30.3 Å². The number of nitrogens with one attached hydrogen (secondary N) is 2. The Kier molecular flexibility index (Phi) is 4.92. The van der Waals surface area contributed by atoms with Gasteiger partial charge in [0.25, 0.3) is 11.8 Å². The summed E-state index contributed by atoms with van der Waals surface area (Å²) in [6.07, 6.45) is 0.599. The number of benzene rings is 2. The van der Waals surface area contributed by atoms with Gasteiger partial charge in [0.05, 0.1) is 16.8 Å². The SMILES string of the molecule is CC(C)c1noc(-c2ccccc2C(=O)Nc2ccc3c(c2F)CCNC3)n1. The molecule has 0 radical (unpaired) electrons. The molecule has 3 aromatic rings. The molecule has 4 rings (SSSR count). The van der Waals surface area contributed by atoms with Gasteiger partial charge in [-0.15, -0.1) is 0 Å². The highest BCUT2D eigenvalue weighted by Crippen LogP contribution is 2.27. The lowest BCUT2D eigenvalue weighted by Gasteiger charge is -2.19. The number of nitrogens with zero attached hydrogens (tertiary/aromatic N) is 2. The molecule has 2 aromatic carbocycles. The summed E-state index contributed by atoms with van der Waals surface area (Å²) in [5.41, 5.74) is 2.62. The Hall–Kier alpha value is -3.06. The van der Waals surface area contributed by atoms with Crippen molar-refractivity contribution in [2.45, 2.75) is 32.7 Å². The van der Waals surface area contributed by atoms with E-state index >= 15 is 0 Å². The molecule has 1 aliphatic rings. The predicted molar refractivity (Wildman–Crippen MR) is 104 cm³/mol. The Bertz CT molecular complexity index is 1030. The monoisotopic (exact) mass is 380 g/mol. The van der Waals surface area contributed by atoms with Gasteiger partial charge in [-0.1, -0.05) is 37.2 Å². The number of rotatable bonds is 4. The molecule has 0 aliphatic carbocycles. The van der Waals surface area contributed by atoms with E-state index in [1.165, 1.54) is 0 Å². The van der Waals surface area contributed by atoms with Crippen molar-refractivity contribution in [2.24, 2.45) is 0 Å². The van der Waals surface area contributed by atoms with Gasteiger partial charge in [0, 0.05) is 12.5 Å². The standard InChI is InChI=1S/C21H21FN4O2/c1-12(2)19-25-21(28-26-19)16-6-4-3-5-15(16)20(27)24-17-8-7-13-11-23-10-9-14(13)18(17)22/h3-8,12,23H,9-11H2,1-2H3,(H,24,27). The first-order chi connectivity index (χ1) is 13.5. The van der Waals surface area contributed by atoms with Crippen molar-refractivity contribution in [3.05, 3.63) is 64.7 Å². The van der Waals surface area contributed by atoms with E-state index in [0.29, 0.717) is 35.5 Å². The van der Waals surface area contributed by atoms with E-state index in [4.69, 9.17) is 4.52 Å². The van der Waals surface area contributed by atoms with E-state index < -0.39 is 5.91 Å². The van der Waals surface area contributed by atoms with Crippen molar-refractivity contribution in [2.75, 3.05) is 11.9 Å². The van der Waals surface area contributed by atoms with E-state index in [0.717, 1.165) is 12.1 Å². The molecule has 0 atom stereocenters. The second-order valence-electron chi connectivity index (χ2n) is 7.10. The van der Waals surface area contributed by atoms with Gasteiger partial charge in [-0.2, -0.15) is 4.98 Å². The molecule has 0 unspecified atom stereocenters. The van der Waals surface area contributed by atoms with Crippen LogP contribution < -0.4 is 10.6 Å². The third-order valence-electron chi connectivity index (χ3n) is 4.82. The van der Waals surface area contributed by atoms with E-state index in [-0.39, 0.29) is 23.3 Å². The van der Waals surface area contributed by atoms with E-state index in [1.807, 2.05) is 19.9 Å². The quantitative estimate of drug-likeness (QED) is 0.718. The fourth-order valence-electron chi connectivity index (χ4n) is 3.27. The maximum atomic E-state index is 14.9. The zero-order chi connectivity index (χ0) is 19.7. The van der Waals surface area contributed by atoms with Crippen molar-refractivity contribution in [1.82, 2.24) is 15.5 Å². The Balaban J connectivity index is 1.64. The van der Waals surface area contributed by atoms with Crippen molar-refractivity contribution in [3.8, 4) is 11.5 Å². The third kappa shape index (κ3) is 3.41. The Labute approximate surface area is 162 Å². The summed E-state index contributed by atoms with van der Waals surface area (Å²) < 4.78 is 20.2. The van der Waals surface area contributed by atoms with Gasteiger partial charge >= 0.3 is 0 Å². The number of halogens is 1. The number of amides is 1. The number of aromatic nitrogens is 2. The molecular weight excluding hydrogens is 359 g/mol. The molecule has 0 spiro atoms. The molecule has 0 fully saturated rings. The third-order valence-corrected chi connectivity index (χ3v) is 4.82. The minimum Gasteiger partial charge on any atom is -0.334 e. The van der Waals surface area contributed by atoms with Crippen LogP contribution in [-0.4, -0.2) is 22.6 Å². The fourth-order valence-corrected chi connectivity index (χ4v) is 3.27. The smallest absolute Gasteiger partial charge is 0.258 e. The second-order valence-corrected chi connectivity index (χ2v) is 7.10. The van der Waals surface area contributed by atoms with Crippen LogP contribution in [-0.2, 0) is 13.0 Å². The first-order valence-corrected chi connectivity index (χ1v) is 9.30. The molecule has 0 saturated carbocycles. The number of carbonyl (C=O) groups excluding carboxylic acids is 1. The molecule has 1 amide bonds. The Morgan fingerprint density at radius 3 is 2.86 bits per heavy atom. The summed E-state index contributed by atoms with van der Waals surface area (Å²) in [5, 5.41) is 9.86. The van der Waals surface area contributed by atoms with Crippen LogP contribution in [0.3, 0.4) is 0 Å². The first kappa shape index (κ1) is 18.3. The maximum Gasteiger partial charge on any atom is 0.258 e. The zero-order valence-electron chi connectivity index (χ0n) is 15.8. The van der Waals surface area contributed by atoms with Gasteiger partial charge in [-0.25, -0.2) is 4.39 Å². The van der Waals surface area contributed by atoms with Gasteiger partial charge in [-0.3, -0.25) is 4.79 Å². The predicted octanol–water partition coefficient (Wildman–Crippen LogP) is 3.90. The number of hydrogen-bond acceptors (Lipinski definition) is 5. The van der Waals surface area contributed by atoms with Crippen molar-refractivity contribution < 1.29 is 13.7 Å². The van der Waals surface area contributed by atoms with Crippen LogP contribution in [0.2, 0.25) is 0 Å². The van der Waals surface area contributed by atoms with Crippen molar-refractivity contribution in [1.29, 1.82) is 0 Å². The number of anilines is 1. The van der Waals surface area contributed by atoms with Crippen LogP contribution >= 0.6 is 0 Å². The second kappa shape index (κ2) is 7.52. The molecule has 0 saturated heterocycles.